The molecule has 0 radical (unpaired) electrons. The van der Waals surface area contributed by atoms with Crippen LogP contribution in [0.15, 0.2) is 18.2 Å². The Morgan fingerprint density at radius 3 is 2.47 bits per heavy atom. The number of benzene rings is 1. The van der Waals surface area contributed by atoms with E-state index in [1.54, 1.807) is 14.2 Å². The van der Waals surface area contributed by atoms with E-state index in [0.717, 1.165) is 42.4 Å². The summed E-state index contributed by atoms with van der Waals surface area (Å²) in [6.45, 7) is 3.03. The molecule has 0 saturated heterocycles. The summed E-state index contributed by atoms with van der Waals surface area (Å²) < 4.78 is 10.3. The van der Waals surface area contributed by atoms with E-state index in [0.29, 0.717) is 12.5 Å². The van der Waals surface area contributed by atoms with Gasteiger partial charge in [0.05, 0.1) is 17.3 Å². The van der Waals surface area contributed by atoms with E-state index in [2.05, 4.69) is 4.90 Å². The van der Waals surface area contributed by atoms with Gasteiger partial charge in [-0.25, -0.2) is 0 Å². The van der Waals surface area contributed by atoms with E-state index in [1.807, 2.05) is 18.2 Å². The van der Waals surface area contributed by atoms with Gasteiger partial charge in [0, 0.05) is 39.8 Å². The van der Waals surface area contributed by atoms with Crippen LogP contribution in [0.25, 0.3) is 0 Å². The third kappa shape index (κ3) is 5.19. The molecule has 0 unspecified atom stereocenters. The molecule has 108 valence electrons. The topological polar surface area (TPSA) is 21.7 Å². The van der Waals surface area contributed by atoms with Crippen LogP contribution in [0.5, 0.6) is 0 Å². The lowest BCUT2D eigenvalue weighted by Gasteiger charge is -2.27. The largest absolute Gasteiger partial charge is 0.385 e. The molecule has 0 spiro atoms. The molecular formula is C14H21Cl2NO2. The van der Waals surface area contributed by atoms with Crippen molar-refractivity contribution in [3.8, 4) is 0 Å². The monoisotopic (exact) mass is 305 g/mol. The summed E-state index contributed by atoms with van der Waals surface area (Å²) in [5, 5.41) is 0.728. The van der Waals surface area contributed by atoms with Crippen LogP contribution in [0.1, 0.15) is 12.0 Å². The third-order valence-electron chi connectivity index (χ3n) is 2.87. The van der Waals surface area contributed by atoms with Crippen molar-refractivity contribution in [3.05, 3.63) is 28.8 Å². The lowest BCUT2D eigenvalue weighted by molar-refractivity contribution is 0.191. The maximum atomic E-state index is 6.32. The van der Waals surface area contributed by atoms with Gasteiger partial charge in [0.1, 0.15) is 0 Å². The predicted octanol–water partition coefficient (Wildman–Crippen LogP) is 3.57. The van der Waals surface area contributed by atoms with E-state index in [9.17, 15) is 0 Å². The van der Waals surface area contributed by atoms with Gasteiger partial charge in [-0.05, 0) is 18.1 Å². The molecule has 0 aliphatic carbocycles. The fourth-order valence-corrected chi connectivity index (χ4v) is 2.49. The van der Waals surface area contributed by atoms with E-state index >= 15 is 0 Å². The van der Waals surface area contributed by atoms with E-state index in [1.165, 1.54) is 0 Å². The van der Waals surface area contributed by atoms with Crippen molar-refractivity contribution in [2.75, 3.05) is 45.4 Å². The van der Waals surface area contributed by atoms with Crippen LogP contribution in [0.3, 0.4) is 0 Å². The zero-order valence-corrected chi connectivity index (χ0v) is 13.0. The summed E-state index contributed by atoms with van der Waals surface area (Å²) in [6.07, 6.45) is 0.938. The second-order valence-corrected chi connectivity index (χ2v) is 4.88. The van der Waals surface area contributed by atoms with Crippen LogP contribution < -0.4 is 4.90 Å². The summed E-state index contributed by atoms with van der Waals surface area (Å²) in [7, 11) is 3.40. The predicted molar refractivity (Wildman–Crippen MR) is 81.6 cm³/mol. The number of ether oxygens (including phenoxy) is 2. The Balaban J connectivity index is 2.88. The molecule has 1 rings (SSSR count). The first-order valence-electron chi connectivity index (χ1n) is 6.30. The number of methoxy groups -OCH3 is 2. The van der Waals surface area contributed by atoms with Crippen LogP contribution in [-0.2, 0) is 15.4 Å². The third-order valence-corrected chi connectivity index (χ3v) is 3.47. The second-order valence-electron chi connectivity index (χ2n) is 4.21. The SMILES string of the molecule is COCCCN(CCOC)c1c(Cl)cccc1CCl. The van der Waals surface area contributed by atoms with Gasteiger partial charge in [0.25, 0.3) is 0 Å². The van der Waals surface area contributed by atoms with Crippen molar-refractivity contribution >= 4 is 28.9 Å². The van der Waals surface area contributed by atoms with Crippen molar-refractivity contribution < 1.29 is 9.47 Å². The highest BCUT2D eigenvalue weighted by Crippen LogP contribution is 2.31. The molecule has 0 fully saturated rings. The Labute approximate surface area is 125 Å². The van der Waals surface area contributed by atoms with Crippen LogP contribution in [0.2, 0.25) is 5.02 Å². The average molecular weight is 306 g/mol. The fourth-order valence-electron chi connectivity index (χ4n) is 1.96. The van der Waals surface area contributed by atoms with Crippen molar-refractivity contribution in [1.82, 2.24) is 0 Å². The number of halogens is 2. The highest BCUT2D eigenvalue weighted by atomic mass is 35.5. The first kappa shape index (κ1) is 16.6. The molecule has 0 aromatic heterocycles. The number of rotatable bonds is 9. The van der Waals surface area contributed by atoms with Crippen LogP contribution in [-0.4, -0.2) is 40.5 Å². The molecule has 1 aromatic rings. The van der Waals surface area contributed by atoms with Gasteiger partial charge in [-0.1, -0.05) is 23.7 Å². The molecular weight excluding hydrogens is 285 g/mol. The molecule has 5 heteroatoms. The Kier molecular flexibility index (Phi) is 8.22. The van der Waals surface area contributed by atoms with Crippen molar-refractivity contribution in [3.63, 3.8) is 0 Å². The number of hydrogen-bond acceptors (Lipinski definition) is 3. The highest BCUT2D eigenvalue weighted by molar-refractivity contribution is 6.33. The molecule has 0 aliphatic rings. The molecule has 0 atom stereocenters. The first-order chi connectivity index (χ1) is 9.24. The average Bonchev–Trinajstić information content (AvgIpc) is 2.43. The summed E-state index contributed by atoms with van der Waals surface area (Å²) in [4.78, 5) is 2.21. The van der Waals surface area contributed by atoms with Crippen LogP contribution >= 0.6 is 23.2 Å². The fraction of sp³-hybridized carbons (Fsp3) is 0.571. The van der Waals surface area contributed by atoms with E-state index < -0.39 is 0 Å². The maximum Gasteiger partial charge on any atom is 0.0642 e. The molecule has 0 aliphatic heterocycles. The van der Waals surface area contributed by atoms with Crippen molar-refractivity contribution in [2.45, 2.75) is 12.3 Å². The molecule has 1 aromatic carbocycles. The summed E-state index contributed by atoms with van der Waals surface area (Å²) in [5.41, 5.74) is 2.05. The zero-order valence-electron chi connectivity index (χ0n) is 11.5. The zero-order chi connectivity index (χ0) is 14.1. The number of para-hydroxylation sites is 1. The Hall–Kier alpha value is -0.480. The first-order valence-corrected chi connectivity index (χ1v) is 7.22. The van der Waals surface area contributed by atoms with Gasteiger partial charge in [-0.3, -0.25) is 0 Å². The van der Waals surface area contributed by atoms with E-state index in [4.69, 9.17) is 32.7 Å². The summed E-state index contributed by atoms with van der Waals surface area (Å²) in [6, 6.07) is 5.82. The molecule has 0 amide bonds. The van der Waals surface area contributed by atoms with E-state index in [-0.39, 0.29) is 0 Å². The number of hydrogen-bond donors (Lipinski definition) is 0. The minimum absolute atomic E-state index is 0.448. The van der Waals surface area contributed by atoms with Gasteiger partial charge in [0.15, 0.2) is 0 Å². The van der Waals surface area contributed by atoms with Gasteiger partial charge in [-0.2, -0.15) is 0 Å². The summed E-state index contributed by atoms with van der Waals surface area (Å²) in [5.74, 6) is 0.448. The number of alkyl halides is 1. The molecule has 0 saturated carbocycles. The highest BCUT2D eigenvalue weighted by Gasteiger charge is 2.14. The van der Waals surface area contributed by atoms with Gasteiger partial charge in [-0.15, -0.1) is 11.6 Å². The Bertz CT molecular complexity index is 374. The minimum Gasteiger partial charge on any atom is -0.385 e. The lowest BCUT2D eigenvalue weighted by Crippen LogP contribution is -2.30. The standard InChI is InChI=1S/C14H21Cl2NO2/c1-18-9-4-7-17(8-10-19-2)14-12(11-15)5-3-6-13(14)16/h3,5-6H,4,7-11H2,1-2H3. The molecule has 3 nitrogen and oxygen atoms in total. The molecule has 19 heavy (non-hydrogen) atoms. The van der Waals surface area contributed by atoms with Gasteiger partial charge >= 0.3 is 0 Å². The lowest BCUT2D eigenvalue weighted by atomic mass is 10.1. The van der Waals surface area contributed by atoms with Crippen molar-refractivity contribution in [1.29, 1.82) is 0 Å². The smallest absolute Gasteiger partial charge is 0.0642 e. The molecule has 0 bridgehead atoms. The molecule has 0 heterocycles. The summed E-state index contributed by atoms with van der Waals surface area (Å²) >= 11 is 12.3. The van der Waals surface area contributed by atoms with Crippen LogP contribution in [0.4, 0.5) is 5.69 Å². The molecule has 0 N–H and O–H groups in total. The van der Waals surface area contributed by atoms with Gasteiger partial charge in [0.2, 0.25) is 0 Å². The van der Waals surface area contributed by atoms with Crippen molar-refractivity contribution in [2.24, 2.45) is 0 Å². The van der Waals surface area contributed by atoms with Gasteiger partial charge < -0.3 is 14.4 Å². The Morgan fingerprint density at radius 1 is 1.11 bits per heavy atom. The number of anilines is 1. The Morgan fingerprint density at radius 2 is 1.84 bits per heavy atom. The van der Waals surface area contributed by atoms with Crippen LogP contribution in [0, 0.1) is 0 Å². The normalized spacial score (nSPS) is 10.7. The maximum absolute atomic E-state index is 6.32. The minimum atomic E-state index is 0.448. The quantitative estimate of drug-likeness (QED) is 0.514. The number of nitrogens with zero attached hydrogens (tertiary/aromatic N) is 1. The second kappa shape index (κ2) is 9.43.